The zero-order valence-corrected chi connectivity index (χ0v) is 15.1. The van der Waals surface area contributed by atoms with Gasteiger partial charge < -0.3 is 15.3 Å². The molecule has 0 amide bonds. The average molecular weight is 391 g/mol. The first-order valence-corrected chi connectivity index (χ1v) is 8.76. The lowest BCUT2D eigenvalue weighted by Crippen LogP contribution is -2.33. The van der Waals surface area contributed by atoms with Gasteiger partial charge in [-0.1, -0.05) is 42.5 Å². The third-order valence-corrected chi connectivity index (χ3v) is 4.69. The lowest BCUT2D eigenvalue weighted by molar-refractivity contribution is 0.627. The van der Waals surface area contributed by atoms with Crippen molar-refractivity contribution in [3.8, 4) is 0 Å². The fourth-order valence-corrected chi connectivity index (χ4v) is 3.37. The Bertz CT molecular complexity index is 1400. The summed E-state index contributed by atoms with van der Waals surface area (Å²) in [6, 6.07) is 9.52. The maximum atomic E-state index is 12.9. The molecule has 4 N–H and O–H groups in total. The minimum atomic E-state index is -0.604. The molecule has 0 radical (unpaired) electrons. The number of hydrogen-bond donors (Lipinski definition) is 4. The van der Waals surface area contributed by atoms with E-state index in [2.05, 4.69) is 40.2 Å². The van der Waals surface area contributed by atoms with Gasteiger partial charge >= 0.3 is 5.69 Å². The van der Waals surface area contributed by atoms with Gasteiger partial charge in [0, 0.05) is 0 Å². The first-order valence-electron chi connectivity index (χ1n) is 8.36. The molecule has 1 aromatic carbocycles. The highest BCUT2D eigenvalue weighted by Crippen LogP contribution is 2.24. The summed E-state index contributed by atoms with van der Waals surface area (Å²) in [7, 11) is 0. The Morgan fingerprint density at radius 3 is 2.64 bits per heavy atom. The van der Waals surface area contributed by atoms with E-state index >= 15 is 0 Å². The van der Waals surface area contributed by atoms with E-state index in [1.165, 1.54) is 17.2 Å². The van der Waals surface area contributed by atoms with Gasteiger partial charge in [0.2, 0.25) is 0 Å². The minimum absolute atomic E-state index is 0.304. The first kappa shape index (κ1) is 16.3. The molecule has 11 heteroatoms. The van der Waals surface area contributed by atoms with E-state index in [4.69, 9.17) is 12.2 Å². The molecule has 138 valence electrons. The molecule has 0 saturated heterocycles. The number of anilines is 1. The van der Waals surface area contributed by atoms with Crippen LogP contribution in [0.5, 0.6) is 0 Å². The second-order valence-electron chi connectivity index (χ2n) is 6.01. The van der Waals surface area contributed by atoms with Crippen molar-refractivity contribution in [1.29, 1.82) is 0 Å². The molecule has 1 atom stereocenters. The van der Waals surface area contributed by atoms with Crippen LogP contribution in [0.15, 0.2) is 54.1 Å². The average Bonchev–Trinajstić information content (AvgIpc) is 3.38. The number of nitrogens with zero attached hydrogens (tertiary/aromatic N) is 5. The van der Waals surface area contributed by atoms with Crippen LogP contribution in [0.4, 0.5) is 5.82 Å². The molecule has 1 unspecified atom stereocenters. The zero-order valence-electron chi connectivity index (χ0n) is 14.2. The fraction of sp³-hybridized carbons (Fsp3) is 0.0588. The highest BCUT2D eigenvalue weighted by Gasteiger charge is 2.21. The molecule has 5 rings (SSSR count). The van der Waals surface area contributed by atoms with Crippen LogP contribution in [0, 0.1) is 4.64 Å². The molecule has 0 aliphatic rings. The quantitative estimate of drug-likeness (QED) is 0.345. The molecule has 0 fully saturated rings. The fourth-order valence-electron chi connectivity index (χ4n) is 3.13. The van der Waals surface area contributed by atoms with Crippen molar-refractivity contribution < 1.29 is 0 Å². The number of H-pyrrole nitrogens is 3. The largest absolute Gasteiger partial charge is 0.344 e. The number of benzene rings is 1. The molecule has 4 aromatic heterocycles. The van der Waals surface area contributed by atoms with Crippen molar-refractivity contribution in [1.82, 2.24) is 39.5 Å². The predicted molar refractivity (Wildman–Crippen MR) is 105 cm³/mol. The molecule has 28 heavy (non-hydrogen) atoms. The summed E-state index contributed by atoms with van der Waals surface area (Å²) < 4.78 is 1.81. The molecule has 4 heterocycles. The van der Waals surface area contributed by atoms with Crippen LogP contribution in [-0.2, 0) is 0 Å². The molecule has 0 aliphatic heterocycles. The minimum Gasteiger partial charge on any atom is -0.344 e. The zero-order chi connectivity index (χ0) is 19.1. The number of aromatic amines is 3. The number of fused-ring (bicyclic) bond motifs is 2. The first-order chi connectivity index (χ1) is 13.7. The Balaban J connectivity index is 1.75. The van der Waals surface area contributed by atoms with Crippen LogP contribution in [-0.4, -0.2) is 39.5 Å². The van der Waals surface area contributed by atoms with E-state index in [0.29, 0.717) is 32.8 Å². The lowest BCUT2D eigenvalue weighted by Gasteiger charge is -2.22. The number of nitrogens with one attached hydrogen (secondary N) is 4. The molecule has 10 nitrogen and oxygen atoms in total. The van der Waals surface area contributed by atoms with Crippen molar-refractivity contribution in [3.63, 3.8) is 0 Å². The van der Waals surface area contributed by atoms with Crippen LogP contribution < -0.4 is 11.0 Å². The van der Waals surface area contributed by atoms with Crippen molar-refractivity contribution >= 4 is 40.4 Å². The van der Waals surface area contributed by atoms with Gasteiger partial charge in [0.1, 0.15) is 28.2 Å². The topological polar surface area (TPSA) is 133 Å². The van der Waals surface area contributed by atoms with Gasteiger partial charge in [0.05, 0.1) is 12.7 Å². The van der Waals surface area contributed by atoms with E-state index < -0.39 is 6.17 Å². The normalized spacial score (nSPS) is 12.4. The number of hydrogen-bond acceptors (Lipinski definition) is 7. The van der Waals surface area contributed by atoms with E-state index in [1.807, 2.05) is 30.3 Å². The second kappa shape index (κ2) is 6.39. The Labute approximate surface area is 161 Å². The Morgan fingerprint density at radius 1 is 1.00 bits per heavy atom. The van der Waals surface area contributed by atoms with Gasteiger partial charge in [0.15, 0.2) is 17.1 Å². The van der Waals surface area contributed by atoms with Crippen LogP contribution in [0.3, 0.4) is 0 Å². The molecule has 0 spiro atoms. The van der Waals surface area contributed by atoms with Crippen LogP contribution >= 0.6 is 12.2 Å². The molecule has 0 saturated carbocycles. The van der Waals surface area contributed by atoms with E-state index in [-0.39, 0.29) is 5.69 Å². The highest BCUT2D eigenvalue weighted by atomic mass is 32.1. The summed E-state index contributed by atoms with van der Waals surface area (Å²) in [5.41, 5.74) is 2.62. The van der Waals surface area contributed by atoms with Crippen molar-refractivity contribution in [2.45, 2.75) is 6.17 Å². The summed E-state index contributed by atoms with van der Waals surface area (Å²) in [6.45, 7) is 0. The van der Waals surface area contributed by atoms with Gasteiger partial charge in [-0.25, -0.2) is 24.7 Å². The van der Waals surface area contributed by atoms with Crippen LogP contribution in [0.1, 0.15) is 11.7 Å². The standard InChI is InChI=1S/C17H13N9OS/c27-17-25-16(28)11-15(23-7-19-11)26(17)14(9-4-2-1-3-5-9)24-13-10-12(20-6-18-10)21-8-22-13/h1-8,14H,(H,19,23)(H,25,27,28)(H2,18,20,21,22,24). The third kappa shape index (κ3) is 2.56. The second-order valence-corrected chi connectivity index (χ2v) is 6.42. The van der Waals surface area contributed by atoms with Gasteiger partial charge in [0.25, 0.3) is 0 Å². The monoisotopic (exact) mass is 391 g/mol. The highest BCUT2D eigenvalue weighted by molar-refractivity contribution is 7.71. The molecular weight excluding hydrogens is 378 g/mol. The van der Waals surface area contributed by atoms with Gasteiger partial charge in [-0.15, -0.1) is 0 Å². The molecule has 0 bridgehead atoms. The Kier molecular flexibility index (Phi) is 3.72. The summed E-state index contributed by atoms with van der Waals surface area (Å²) >= 11 is 5.24. The predicted octanol–water partition coefficient (Wildman–Crippen LogP) is 2.11. The number of imidazole rings is 2. The van der Waals surface area contributed by atoms with E-state index in [9.17, 15) is 4.79 Å². The maximum absolute atomic E-state index is 12.9. The summed E-state index contributed by atoms with van der Waals surface area (Å²) in [4.78, 5) is 38.5. The third-order valence-electron chi connectivity index (χ3n) is 4.38. The number of rotatable bonds is 4. The van der Waals surface area contributed by atoms with Gasteiger partial charge in [-0.2, -0.15) is 0 Å². The van der Waals surface area contributed by atoms with Gasteiger partial charge in [-0.3, -0.25) is 9.55 Å². The maximum Gasteiger partial charge on any atom is 0.330 e. The van der Waals surface area contributed by atoms with Crippen LogP contribution in [0.2, 0.25) is 0 Å². The lowest BCUT2D eigenvalue weighted by atomic mass is 10.1. The summed E-state index contributed by atoms with van der Waals surface area (Å²) in [5, 5.41) is 3.32. The van der Waals surface area contributed by atoms with Crippen LogP contribution in [0.25, 0.3) is 22.3 Å². The Morgan fingerprint density at radius 2 is 1.79 bits per heavy atom. The van der Waals surface area contributed by atoms with Crippen molar-refractivity contribution in [2.24, 2.45) is 0 Å². The van der Waals surface area contributed by atoms with Crippen molar-refractivity contribution in [3.05, 3.63) is 70.0 Å². The molecule has 0 aliphatic carbocycles. The van der Waals surface area contributed by atoms with Gasteiger partial charge in [-0.05, 0) is 5.56 Å². The Hall–Kier alpha value is -3.86. The molecular formula is C17H13N9OS. The van der Waals surface area contributed by atoms with E-state index in [1.54, 1.807) is 6.33 Å². The summed E-state index contributed by atoms with van der Waals surface area (Å²) in [5.74, 6) is 0.509. The smallest absolute Gasteiger partial charge is 0.330 e. The SMILES string of the molecule is O=c1[nH]c(=S)c2[nH]cnc2n1C(Nc1ncnc2nc[nH]c12)c1ccccc1. The summed E-state index contributed by atoms with van der Waals surface area (Å²) in [6.07, 6.45) is 3.86. The van der Waals surface area contributed by atoms with E-state index in [0.717, 1.165) is 5.56 Å². The molecule has 5 aromatic rings. The number of aromatic nitrogens is 8. The van der Waals surface area contributed by atoms with Crippen molar-refractivity contribution in [2.75, 3.05) is 5.32 Å².